The number of carbonyl (C=O) groups is 1. The molecule has 0 saturated heterocycles. The van der Waals surface area contributed by atoms with Crippen LogP contribution in [0.3, 0.4) is 0 Å². The maximum atomic E-state index is 12.8. The van der Waals surface area contributed by atoms with Crippen LogP contribution in [0.2, 0.25) is 0 Å². The number of rotatable bonds is 5. The molecule has 0 aliphatic heterocycles. The number of carbonyl (C=O) groups excluding carboxylic acids is 1. The van der Waals surface area contributed by atoms with Crippen LogP contribution in [-0.2, 0) is 15.0 Å². The lowest BCUT2D eigenvalue weighted by atomic mass is 10.1. The molecule has 0 bridgehead atoms. The van der Waals surface area contributed by atoms with Gasteiger partial charge in [0, 0.05) is 23.4 Å². The summed E-state index contributed by atoms with van der Waals surface area (Å²) in [5.41, 5.74) is 1.18. The van der Waals surface area contributed by atoms with Crippen LogP contribution in [0.4, 0.5) is 15.3 Å². The van der Waals surface area contributed by atoms with Crippen LogP contribution in [0, 0.1) is 10.1 Å². The summed E-state index contributed by atoms with van der Waals surface area (Å²) in [6.45, 7) is 1.55. The van der Waals surface area contributed by atoms with E-state index in [4.69, 9.17) is 0 Å². The van der Waals surface area contributed by atoms with E-state index in [1.54, 1.807) is 13.0 Å². The van der Waals surface area contributed by atoms with Gasteiger partial charge in [-0.1, -0.05) is 0 Å². The van der Waals surface area contributed by atoms with Gasteiger partial charge in [-0.3, -0.25) is 14.9 Å². The molecule has 0 aliphatic rings. The SMILES string of the molecule is CC(=Cc1ccc([N+](=O)[O-])cc1)C(=O)Nc1ccc(S(=O)(=O)F)cc1. The summed E-state index contributed by atoms with van der Waals surface area (Å²) < 4.78 is 34.3. The summed E-state index contributed by atoms with van der Waals surface area (Å²) >= 11 is 0. The fraction of sp³-hybridized carbons (Fsp3) is 0.0625. The Morgan fingerprint density at radius 1 is 1.12 bits per heavy atom. The summed E-state index contributed by atoms with van der Waals surface area (Å²) in [6.07, 6.45) is 1.54. The van der Waals surface area contributed by atoms with Crippen molar-refractivity contribution in [2.45, 2.75) is 11.8 Å². The molecule has 2 aromatic carbocycles. The number of amides is 1. The number of nitro groups is 1. The third-order valence-electron chi connectivity index (χ3n) is 3.24. The van der Waals surface area contributed by atoms with Crippen LogP contribution < -0.4 is 5.32 Å². The minimum absolute atomic E-state index is 0.0536. The first-order valence-electron chi connectivity index (χ1n) is 6.95. The van der Waals surface area contributed by atoms with Gasteiger partial charge in [0.05, 0.1) is 9.82 Å². The molecule has 2 aromatic rings. The monoisotopic (exact) mass is 364 g/mol. The van der Waals surface area contributed by atoms with Crippen LogP contribution in [0.15, 0.2) is 59.0 Å². The van der Waals surface area contributed by atoms with Gasteiger partial charge in [0.25, 0.3) is 11.6 Å². The summed E-state index contributed by atoms with van der Waals surface area (Å²) in [5, 5.41) is 13.1. The lowest BCUT2D eigenvalue weighted by Crippen LogP contribution is -2.12. The molecule has 0 heterocycles. The van der Waals surface area contributed by atoms with Crippen molar-refractivity contribution >= 4 is 33.6 Å². The molecule has 9 heteroatoms. The molecule has 0 spiro atoms. The normalized spacial score (nSPS) is 11.8. The van der Waals surface area contributed by atoms with Gasteiger partial charge in [-0.2, -0.15) is 8.42 Å². The third kappa shape index (κ3) is 4.95. The minimum atomic E-state index is -4.79. The first kappa shape index (κ1) is 18.3. The second-order valence-electron chi connectivity index (χ2n) is 5.09. The predicted octanol–water partition coefficient (Wildman–Crippen LogP) is 3.30. The van der Waals surface area contributed by atoms with E-state index >= 15 is 0 Å². The van der Waals surface area contributed by atoms with Crippen molar-refractivity contribution in [1.82, 2.24) is 0 Å². The van der Waals surface area contributed by atoms with Gasteiger partial charge in [0.2, 0.25) is 0 Å². The minimum Gasteiger partial charge on any atom is -0.322 e. The number of hydrogen-bond acceptors (Lipinski definition) is 5. The van der Waals surface area contributed by atoms with Crippen molar-refractivity contribution in [3.63, 3.8) is 0 Å². The van der Waals surface area contributed by atoms with Crippen LogP contribution in [0.1, 0.15) is 12.5 Å². The van der Waals surface area contributed by atoms with Crippen molar-refractivity contribution in [2.24, 2.45) is 0 Å². The molecule has 1 amide bonds. The topological polar surface area (TPSA) is 106 Å². The third-order valence-corrected chi connectivity index (χ3v) is 4.07. The number of nitrogens with zero attached hydrogens (tertiary/aromatic N) is 1. The molecule has 1 N–H and O–H groups in total. The van der Waals surface area contributed by atoms with E-state index in [0.29, 0.717) is 16.8 Å². The fourth-order valence-electron chi connectivity index (χ4n) is 1.94. The molecular weight excluding hydrogens is 351 g/mol. The highest BCUT2D eigenvalue weighted by Gasteiger charge is 2.12. The van der Waals surface area contributed by atoms with E-state index < -0.39 is 25.9 Å². The lowest BCUT2D eigenvalue weighted by Gasteiger charge is -2.06. The van der Waals surface area contributed by atoms with Crippen molar-refractivity contribution in [3.05, 3.63) is 69.8 Å². The number of hydrogen-bond donors (Lipinski definition) is 1. The maximum Gasteiger partial charge on any atom is 0.332 e. The Hall–Kier alpha value is -3.07. The van der Waals surface area contributed by atoms with E-state index in [1.807, 2.05) is 0 Å². The molecule has 0 fully saturated rings. The summed E-state index contributed by atoms with van der Waals surface area (Å²) in [5.74, 6) is -0.450. The highest BCUT2D eigenvalue weighted by Crippen LogP contribution is 2.18. The molecule has 25 heavy (non-hydrogen) atoms. The molecule has 0 atom stereocenters. The fourth-order valence-corrected chi connectivity index (χ4v) is 2.40. The van der Waals surface area contributed by atoms with Crippen molar-refractivity contribution in [3.8, 4) is 0 Å². The Balaban J connectivity index is 2.10. The molecule has 130 valence electrons. The number of halogens is 1. The molecule has 0 saturated carbocycles. The quantitative estimate of drug-likeness (QED) is 0.379. The first-order chi connectivity index (χ1) is 11.7. The van der Waals surface area contributed by atoms with E-state index in [2.05, 4.69) is 5.32 Å². The van der Waals surface area contributed by atoms with Gasteiger partial charge in [0.1, 0.15) is 0 Å². The summed E-state index contributed by atoms with van der Waals surface area (Å²) in [6, 6.07) is 10.3. The average Bonchev–Trinajstić information content (AvgIpc) is 2.55. The van der Waals surface area contributed by atoms with Crippen LogP contribution in [0.5, 0.6) is 0 Å². The maximum absolute atomic E-state index is 12.8. The second-order valence-corrected chi connectivity index (χ2v) is 6.44. The smallest absolute Gasteiger partial charge is 0.322 e. The molecular formula is C16H13FN2O5S. The number of nitrogens with one attached hydrogen (secondary N) is 1. The first-order valence-corrected chi connectivity index (χ1v) is 8.34. The molecule has 0 aliphatic carbocycles. The van der Waals surface area contributed by atoms with E-state index in [-0.39, 0.29) is 5.69 Å². The number of nitro benzene ring substituents is 1. The highest BCUT2D eigenvalue weighted by molar-refractivity contribution is 7.86. The molecule has 2 rings (SSSR count). The zero-order chi connectivity index (χ0) is 18.6. The zero-order valence-corrected chi connectivity index (χ0v) is 13.8. The van der Waals surface area contributed by atoms with Gasteiger partial charge in [0.15, 0.2) is 0 Å². The Bertz CT molecular complexity index is 935. The van der Waals surface area contributed by atoms with E-state index in [0.717, 1.165) is 12.1 Å². The largest absolute Gasteiger partial charge is 0.332 e. The summed E-state index contributed by atoms with van der Waals surface area (Å²) in [7, 11) is -4.79. The highest BCUT2D eigenvalue weighted by atomic mass is 32.3. The van der Waals surface area contributed by atoms with Crippen LogP contribution >= 0.6 is 0 Å². The van der Waals surface area contributed by atoms with Crippen molar-refractivity contribution in [1.29, 1.82) is 0 Å². The van der Waals surface area contributed by atoms with E-state index in [1.165, 1.54) is 36.4 Å². The Labute approximate surface area is 143 Å². The Morgan fingerprint density at radius 2 is 1.68 bits per heavy atom. The van der Waals surface area contributed by atoms with Gasteiger partial charge in [-0.05, 0) is 55.0 Å². The molecule has 0 unspecified atom stereocenters. The molecule has 0 radical (unpaired) electrons. The van der Waals surface area contributed by atoms with Crippen LogP contribution in [0.25, 0.3) is 6.08 Å². The molecule has 7 nitrogen and oxygen atoms in total. The Morgan fingerprint density at radius 3 is 2.16 bits per heavy atom. The van der Waals surface area contributed by atoms with Crippen molar-refractivity contribution < 1.29 is 22.0 Å². The number of non-ortho nitro benzene ring substituents is 1. The van der Waals surface area contributed by atoms with Gasteiger partial charge < -0.3 is 5.32 Å². The zero-order valence-electron chi connectivity index (χ0n) is 13.0. The standard InChI is InChI=1S/C16H13FN2O5S/c1-11(10-12-2-6-14(7-3-12)19(21)22)16(20)18-13-4-8-15(9-5-13)25(17,23)24/h2-10H,1H3,(H,18,20). The average molecular weight is 364 g/mol. The second kappa shape index (κ2) is 7.22. The Kier molecular flexibility index (Phi) is 5.28. The van der Waals surface area contributed by atoms with Gasteiger partial charge in [-0.25, -0.2) is 0 Å². The van der Waals surface area contributed by atoms with Crippen molar-refractivity contribution in [2.75, 3.05) is 5.32 Å². The van der Waals surface area contributed by atoms with Gasteiger partial charge >= 0.3 is 10.2 Å². The van der Waals surface area contributed by atoms with Gasteiger partial charge in [-0.15, -0.1) is 3.89 Å². The summed E-state index contributed by atoms with van der Waals surface area (Å²) in [4.78, 5) is 21.7. The number of benzene rings is 2. The lowest BCUT2D eigenvalue weighted by molar-refractivity contribution is -0.384. The van der Waals surface area contributed by atoms with E-state index in [9.17, 15) is 27.2 Å². The van der Waals surface area contributed by atoms with Crippen LogP contribution in [-0.4, -0.2) is 19.2 Å². The predicted molar refractivity (Wildman–Crippen MR) is 90.1 cm³/mol. The molecule has 0 aromatic heterocycles. The number of anilines is 1.